The topological polar surface area (TPSA) is 9.23 Å². The van der Waals surface area contributed by atoms with Gasteiger partial charge < -0.3 is 4.74 Å². The molecule has 1 aromatic rings. The summed E-state index contributed by atoms with van der Waals surface area (Å²) in [5, 5.41) is 0.861. The summed E-state index contributed by atoms with van der Waals surface area (Å²) in [6, 6.07) is 6.14. The van der Waals surface area contributed by atoms with Gasteiger partial charge in [0.05, 0.1) is 0 Å². The van der Waals surface area contributed by atoms with Gasteiger partial charge in [-0.2, -0.15) is 0 Å². The molecule has 0 saturated carbocycles. The molecule has 1 rings (SSSR count). The Labute approximate surface area is 88.2 Å². The fourth-order valence-corrected chi connectivity index (χ4v) is 1.23. The van der Waals surface area contributed by atoms with Gasteiger partial charge in [0.2, 0.25) is 0 Å². The molecule has 0 heterocycles. The summed E-state index contributed by atoms with van der Waals surface area (Å²) in [5.74, 6) is 0.993. The molecule has 0 aliphatic rings. The average molecular weight is 243 g/mol. The minimum atomic E-state index is 0.223. The van der Waals surface area contributed by atoms with E-state index in [4.69, 9.17) is 4.74 Å². The lowest BCUT2D eigenvalue weighted by Crippen LogP contribution is -2.13. The lowest BCUT2D eigenvalue weighted by atomic mass is 10.1. The van der Waals surface area contributed by atoms with Gasteiger partial charge in [0.15, 0.2) is 0 Å². The van der Waals surface area contributed by atoms with Gasteiger partial charge in [-0.1, -0.05) is 28.1 Å². The van der Waals surface area contributed by atoms with Crippen molar-refractivity contribution in [2.24, 2.45) is 0 Å². The van der Waals surface area contributed by atoms with E-state index >= 15 is 0 Å². The van der Waals surface area contributed by atoms with E-state index in [1.54, 1.807) is 0 Å². The third-order valence-electron chi connectivity index (χ3n) is 2.10. The van der Waals surface area contributed by atoms with Crippen molar-refractivity contribution in [3.8, 4) is 5.75 Å². The van der Waals surface area contributed by atoms with E-state index in [-0.39, 0.29) is 6.10 Å². The Balaban J connectivity index is 2.83. The van der Waals surface area contributed by atoms with Crippen LogP contribution >= 0.6 is 15.9 Å². The summed E-state index contributed by atoms with van der Waals surface area (Å²) in [6.45, 7) is 6.24. The Hall–Kier alpha value is -0.500. The van der Waals surface area contributed by atoms with Crippen molar-refractivity contribution in [3.63, 3.8) is 0 Å². The molecule has 13 heavy (non-hydrogen) atoms. The molecule has 1 atom stereocenters. The van der Waals surface area contributed by atoms with Crippen LogP contribution in [0.25, 0.3) is 0 Å². The summed E-state index contributed by atoms with van der Waals surface area (Å²) >= 11 is 3.39. The van der Waals surface area contributed by atoms with Crippen molar-refractivity contribution in [1.29, 1.82) is 0 Å². The molecule has 72 valence electrons. The molecule has 0 amide bonds. The Bertz CT molecular complexity index is 283. The van der Waals surface area contributed by atoms with Crippen LogP contribution < -0.4 is 4.74 Å². The Morgan fingerprint density at radius 3 is 2.69 bits per heavy atom. The monoisotopic (exact) mass is 242 g/mol. The Kier molecular flexibility index (Phi) is 3.79. The molecule has 0 saturated heterocycles. The second-order valence-corrected chi connectivity index (χ2v) is 3.93. The van der Waals surface area contributed by atoms with Gasteiger partial charge in [-0.05, 0) is 38.0 Å². The fourth-order valence-electron chi connectivity index (χ4n) is 1.10. The van der Waals surface area contributed by atoms with Crippen LogP contribution in [0.5, 0.6) is 5.75 Å². The first-order valence-corrected chi connectivity index (χ1v) is 5.56. The normalized spacial score (nSPS) is 12.6. The molecule has 2 heteroatoms. The maximum absolute atomic E-state index is 5.73. The molecular formula is C11H15BrO. The van der Waals surface area contributed by atoms with E-state index in [9.17, 15) is 0 Å². The van der Waals surface area contributed by atoms with Gasteiger partial charge in [0.25, 0.3) is 0 Å². The first-order valence-electron chi connectivity index (χ1n) is 4.44. The second kappa shape index (κ2) is 4.66. The third-order valence-corrected chi connectivity index (χ3v) is 3.01. The van der Waals surface area contributed by atoms with Gasteiger partial charge in [0, 0.05) is 5.33 Å². The molecule has 1 nitrogen and oxygen atoms in total. The van der Waals surface area contributed by atoms with Crippen LogP contribution in [-0.4, -0.2) is 11.4 Å². The lowest BCUT2D eigenvalue weighted by molar-refractivity contribution is 0.246. The van der Waals surface area contributed by atoms with Gasteiger partial charge in [-0.3, -0.25) is 0 Å². The number of halogens is 1. The summed E-state index contributed by atoms with van der Waals surface area (Å²) in [6.07, 6.45) is 0.223. The highest BCUT2D eigenvalue weighted by Crippen LogP contribution is 2.21. The van der Waals surface area contributed by atoms with Crippen molar-refractivity contribution >= 4 is 15.9 Å². The van der Waals surface area contributed by atoms with Crippen LogP contribution in [0, 0.1) is 13.8 Å². The third kappa shape index (κ3) is 2.73. The van der Waals surface area contributed by atoms with Gasteiger partial charge in [-0.25, -0.2) is 0 Å². The first kappa shape index (κ1) is 10.6. The van der Waals surface area contributed by atoms with E-state index in [1.807, 2.05) is 12.1 Å². The molecule has 0 radical (unpaired) electrons. The van der Waals surface area contributed by atoms with E-state index in [2.05, 4.69) is 42.8 Å². The summed E-state index contributed by atoms with van der Waals surface area (Å²) in [5.41, 5.74) is 2.51. The van der Waals surface area contributed by atoms with Crippen LogP contribution in [-0.2, 0) is 0 Å². The van der Waals surface area contributed by atoms with E-state index in [0.29, 0.717) is 0 Å². The van der Waals surface area contributed by atoms with Crippen molar-refractivity contribution in [1.82, 2.24) is 0 Å². The zero-order chi connectivity index (χ0) is 9.84. The fraction of sp³-hybridized carbons (Fsp3) is 0.455. The number of alkyl halides is 1. The number of aryl methyl sites for hydroxylation is 1. The summed E-state index contributed by atoms with van der Waals surface area (Å²) < 4.78 is 5.73. The highest BCUT2D eigenvalue weighted by Gasteiger charge is 2.05. The molecule has 0 fully saturated rings. The van der Waals surface area contributed by atoms with Gasteiger partial charge >= 0.3 is 0 Å². The van der Waals surface area contributed by atoms with Gasteiger partial charge in [0.1, 0.15) is 11.9 Å². The predicted octanol–water partition coefficient (Wildman–Crippen LogP) is 3.47. The smallest absolute Gasteiger partial charge is 0.122 e. The number of hydrogen-bond acceptors (Lipinski definition) is 1. The van der Waals surface area contributed by atoms with Crippen molar-refractivity contribution in [2.75, 3.05) is 5.33 Å². The largest absolute Gasteiger partial charge is 0.490 e. The van der Waals surface area contributed by atoms with Crippen molar-refractivity contribution < 1.29 is 4.74 Å². The molecule has 0 bridgehead atoms. The van der Waals surface area contributed by atoms with E-state index in [0.717, 1.165) is 11.1 Å². The zero-order valence-corrected chi connectivity index (χ0v) is 9.89. The van der Waals surface area contributed by atoms with Crippen LogP contribution in [0.2, 0.25) is 0 Å². The number of hydrogen-bond donors (Lipinski definition) is 0. The molecular weight excluding hydrogens is 228 g/mol. The average Bonchev–Trinajstić information content (AvgIpc) is 2.13. The highest BCUT2D eigenvalue weighted by atomic mass is 79.9. The van der Waals surface area contributed by atoms with E-state index < -0.39 is 0 Å². The standard InChI is InChI=1S/C11H15BrO/c1-8-5-4-6-11(10(8)3)13-9(2)7-12/h4-6,9H,7H2,1-3H3/t9-/m0/s1. The van der Waals surface area contributed by atoms with Crippen LogP contribution in [0.15, 0.2) is 18.2 Å². The number of benzene rings is 1. The quantitative estimate of drug-likeness (QED) is 0.738. The van der Waals surface area contributed by atoms with E-state index in [1.165, 1.54) is 11.1 Å². The summed E-state index contributed by atoms with van der Waals surface area (Å²) in [4.78, 5) is 0. The summed E-state index contributed by atoms with van der Waals surface area (Å²) in [7, 11) is 0. The molecule has 0 unspecified atom stereocenters. The lowest BCUT2D eigenvalue weighted by Gasteiger charge is -2.14. The molecule has 0 aliphatic heterocycles. The Morgan fingerprint density at radius 2 is 2.08 bits per heavy atom. The minimum Gasteiger partial charge on any atom is -0.490 e. The van der Waals surface area contributed by atoms with Crippen molar-refractivity contribution in [2.45, 2.75) is 26.9 Å². The maximum atomic E-state index is 5.73. The molecule has 0 aromatic heterocycles. The van der Waals surface area contributed by atoms with Crippen LogP contribution in [0.4, 0.5) is 0 Å². The SMILES string of the molecule is Cc1cccc(O[C@@H](C)CBr)c1C. The second-order valence-electron chi connectivity index (χ2n) is 3.28. The molecule has 1 aromatic carbocycles. The molecule has 0 spiro atoms. The predicted molar refractivity (Wildman–Crippen MR) is 59.8 cm³/mol. The molecule has 0 aliphatic carbocycles. The number of rotatable bonds is 3. The minimum absolute atomic E-state index is 0.223. The van der Waals surface area contributed by atoms with Gasteiger partial charge in [-0.15, -0.1) is 0 Å². The van der Waals surface area contributed by atoms with Crippen molar-refractivity contribution in [3.05, 3.63) is 29.3 Å². The number of ether oxygens (including phenoxy) is 1. The van der Waals surface area contributed by atoms with Crippen LogP contribution in [0.1, 0.15) is 18.1 Å². The first-order chi connectivity index (χ1) is 6.15. The zero-order valence-electron chi connectivity index (χ0n) is 8.30. The molecule has 0 N–H and O–H groups in total. The highest BCUT2D eigenvalue weighted by molar-refractivity contribution is 9.09. The Morgan fingerprint density at radius 1 is 1.38 bits per heavy atom. The maximum Gasteiger partial charge on any atom is 0.122 e. The van der Waals surface area contributed by atoms with Crippen LogP contribution in [0.3, 0.4) is 0 Å².